The predicted octanol–water partition coefficient (Wildman–Crippen LogP) is 1.63. The van der Waals surface area contributed by atoms with Gasteiger partial charge in [-0.3, -0.25) is 4.68 Å². The molecule has 1 heterocycles. The summed E-state index contributed by atoms with van der Waals surface area (Å²) in [5, 5.41) is 13.7. The van der Waals surface area contributed by atoms with Crippen molar-refractivity contribution in [2.24, 2.45) is 7.05 Å². The van der Waals surface area contributed by atoms with E-state index < -0.39 is 6.10 Å². The summed E-state index contributed by atoms with van der Waals surface area (Å²) in [6.07, 6.45) is 1.53. The van der Waals surface area contributed by atoms with Crippen LogP contribution in [0.15, 0.2) is 10.8 Å². The van der Waals surface area contributed by atoms with Gasteiger partial charge in [-0.2, -0.15) is 5.10 Å². The molecule has 1 unspecified atom stereocenters. The topological polar surface area (TPSA) is 38.1 Å². The molecule has 0 saturated carbocycles. The fourth-order valence-corrected chi connectivity index (χ4v) is 1.43. The zero-order valence-corrected chi connectivity index (χ0v) is 9.17. The number of aromatic nitrogens is 2. The highest BCUT2D eigenvalue weighted by Crippen LogP contribution is 2.24. The maximum atomic E-state index is 9.66. The Hall–Kier alpha value is -0.790. The summed E-state index contributed by atoms with van der Waals surface area (Å²) in [4.78, 5) is 0. The van der Waals surface area contributed by atoms with E-state index in [-0.39, 0.29) is 0 Å². The second kappa shape index (κ2) is 4.45. The first-order valence-corrected chi connectivity index (χ1v) is 4.71. The zero-order chi connectivity index (χ0) is 9.84. The minimum atomic E-state index is -0.560. The van der Waals surface area contributed by atoms with E-state index in [1.807, 2.05) is 7.05 Å². The number of aliphatic hydroxyl groups is 1. The average Bonchev–Trinajstić information content (AvgIpc) is 2.44. The van der Waals surface area contributed by atoms with Crippen LogP contribution in [0.25, 0.3) is 0 Å². The first-order valence-electron chi connectivity index (χ1n) is 3.92. The molecular weight excluding hydrogens is 232 g/mol. The van der Waals surface area contributed by atoms with Crippen molar-refractivity contribution in [3.05, 3.63) is 16.4 Å². The second-order valence-electron chi connectivity index (χ2n) is 2.66. The fourth-order valence-electron chi connectivity index (χ4n) is 0.972. The molecular formula is C9H11BrN2O. The fraction of sp³-hybridized carbons (Fsp3) is 0.444. The third kappa shape index (κ3) is 2.33. The molecule has 4 heteroatoms. The van der Waals surface area contributed by atoms with Crippen molar-refractivity contribution in [1.29, 1.82) is 0 Å². The van der Waals surface area contributed by atoms with Crippen LogP contribution in [0.5, 0.6) is 0 Å². The summed E-state index contributed by atoms with van der Waals surface area (Å²) in [6.45, 7) is 1.75. The molecule has 1 rings (SSSR count). The summed E-state index contributed by atoms with van der Waals surface area (Å²) in [6, 6.07) is 0. The van der Waals surface area contributed by atoms with E-state index >= 15 is 0 Å². The molecule has 0 aliphatic rings. The molecule has 0 radical (unpaired) electrons. The summed E-state index contributed by atoms with van der Waals surface area (Å²) in [5.74, 6) is 5.57. The van der Waals surface area contributed by atoms with Crippen LogP contribution >= 0.6 is 15.9 Å². The highest BCUT2D eigenvalue weighted by atomic mass is 79.9. The van der Waals surface area contributed by atoms with Crippen molar-refractivity contribution in [1.82, 2.24) is 9.78 Å². The van der Waals surface area contributed by atoms with Crippen molar-refractivity contribution in [3.8, 4) is 11.8 Å². The van der Waals surface area contributed by atoms with E-state index in [2.05, 4.69) is 32.9 Å². The van der Waals surface area contributed by atoms with Crippen LogP contribution in [0, 0.1) is 11.8 Å². The molecule has 1 N–H and O–H groups in total. The van der Waals surface area contributed by atoms with Gasteiger partial charge in [0.2, 0.25) is 0 Å². The van der Waals surface area contributed by atoms with Crippen LogP contribution < -0.4 is 0 Å². The standard InChI is InChI=1S/C9H11BrN2O/c1-3-4-5-8(13)7-6-11-12(2)9(7)10/h6,8,13H,5H2,1-2H3. The molecule has 1 aromatic rings. The zero-order valence-electron chi connectivity index (χ0n) is 7.58. The van der Waals surface area contributed by atoms with E-state index in [4.69, 9.17) is 0 Å². The Morgan fingerprint density at radius 1 is 1.77 bits per heavy atom. The highest BCUT2D eigenvalue weighted by Gasteiger charge is 2.13. The van der Waals surface area contributed by atoms with Crippen LogP contribution in [-0.4, -0.2) is 14.9 Å². The van der Waals surface area contributed by atoms with Gasteiger partial charge in [0.15, 0.2) is 0 Å². The van der Waals surface area contributed by atoms with E-state index in [9.17, 15) is 5.11 Å². The number of hydrogen-bond donors (Lipinski definition) is 1. The number of aliphatic hydroxyl groups excluding tert-OH is 1. The molecule has 0 aliphatic carbocycles. The maximum Gasteiger partial charge on any atom is 0.109 e. The number of aryl methyl sites for hydroxylation is 1. The molecule has 13 heavy (non-hydrogen) atoms. The monoisotopic (exact) mass is 242 g/mol. The van der Waals surface area contributed by atoms with Crippen LogP contribution in [0.4, 0.5) is 0 Å². The van der Waals surface area contributed by atoms with Crippen molar-refractivity contribution < 1.29 is 5.11 Å². The van der Waals surface area contributed by atoms with Crippen molar-refractivity contribution in [2.45, 2.75) is 19.4 Å². The molecule has 1 aromatic heterocycles. The molecule has 1 atom stereocenters. The summed E-state index contributed by atoms with van der Waals surface area (Å²) >= 11 is 3.33. The first-order chi connectivity index (χ1) is 6.16. The molecule has 0 spiro atoms. The first kappa shape index (κ1) is 10.3. The minimum absolute atomic E-state index is 0.445. The molecule has 0 amide bonds. The molecule has 0 aromatic carbocycles. The molecule has 0 bridgehead atoms. The predicted molar refractivity (Wildman–Crippen MR) is 53.9 cm³/mol. The van der Waals surface area contributed by atoms with Gasteiger partial charge in [0.1, 0.15) is 4.60 Å². The Bertz CT molecular complexity index is 348. The van der Waals surface area contributed by atoms with E-state index in [0.717, 1.165) is 10.2 Å². The lowest BCUT2D eigenvalue weighted by atomic mass is 10.1. The van der Waals surface area contributed by atoms with Gasteiger partial charge < -0.3 is 5.11 Å². The van der Waals surface area contributed by atoms with Gasteiger partial charge in [-0.05, 0) is 22.9 Å². The number of rotatable bonds is 2. The average molecular weight is 243 g/mol. The summed E-state index contributed by atoms with van der Waals surface area (Å²) in [7, 11) is 1.81. The van der Waals surface area contributed by atoms with Gasteiger partial charge in [0.05, 0.1) is 12.3 Å². The van der Waals surface area contributed by atoms with E-state index in [1.165, 1.54) is 0 Å². The van der Waals surface area contributed by atoms with Crippen LogP contribution in [-0.2, 0) is 7.05 Å². The Balaban J connectivity index is 2.80. The largest absolute Gasteiger partial charge is 0.387 e. The Morgan fingerprint density at radius 2 is 2.46 bits per heavy atom. The van der Waals surface area contributed by atoms with Gasteiger partial charge in [-0.1, -0.05) is 0 Å². The van der Waals surface area contributed by atoms with Crippen molar-refractivity contribution in [2.75, 3.05) is 0 Å². The van der Waals surface area contributed by atoms with Crippen LogP contribution in [0.3, 0.4) is 0 Å². The maximum absolute atomic E-state index is 9.66. The third-order valence-electron chi connectivity index (χ3n) is 1.72. The van der Waals surface area contributed by atoms with Gasteiger partial charge in [-0.15, -0.1) is 11.8 Å². The number of hydrogen-bond acceptors (Lipinski definition) is 2. The van der Waals surface area contributed by atoms with Gasteiger partial charge in [0.25, 0.3) is 0 Å². The Labute approximate surface area is 85.9 Å². The number of nitrogens with zero attached hydrogens (tertiary/aromatic N) is 2. The molecule has 0 fully saturated rings. The Morgan fingerprint density at radius 3 is 2.92 bits per heavy atom. The van der Waals surface area contributed by atoms with E-state index in [1.54, 1.807) is 17.8 Å². The summed E-state index contributed by atoms with van der Waals surface area (Å²) < 4.78 is 2.47. The number of halogens is 1. The van der Waals surface area contributed by atoms with Crippen molar-refractivity contribution in [3.63, 3.8) is 0 Å². The highest BCUT2D eigenvalue weighted by molar-refractivity contribution is 9.10. The van der Waals surface area contributed by atoms with Gasteiger partial charge in [-0.25, -0.2) is 0 Å². The SMILES string of the molecule is CC#CCC(O)c1cnn(C)c1Br. The molecule has 70 valence electrons. The smallest absolute Gasteiger partial charge is 0.109 e. The normalized spacial score (nSPS) is 12.0. The van der Waals surface area contributed by atoms with Gasteiger partial charge >= 0.3 is 0 Å². The molecule has 3 nitrogen and oxygen atoms in total. The molecule has 0 aliphatic heterocycles. The molecule has 0 saturated heterocycles. The lowest BCUT2D eigenvalue weighted by Crippen LogP contribution is -1.96. The van der Waals surface area contributed by atoms with Crippen LogP contribution in [0.1, 0.15) is 25.0 Å². The second-order valence-corrected chi connectivity index (χ2v) is 3.41. The van der Waals surface area contributed by atoms with Crippen molar-refractivity contribution >= 4 is 15.9 Å². The summed E-state index contributed by atoms with van der Waals surface area (Å²) in [5.41, 5.74) is 0.783. The van der Waals surface area contributed by atoms with Gasteiger partial charge in [0, 0.05) is 19.0 Å². The van der Waals surface area contributed by atoms with Crippen LogP contribution in [0.2, 0.25) is 0 Å². The lowest BCUT2D eigenvalue weighted by molar-refractivity contribution is 0.183. The van der Waals surface area contributed by atoms with E-state index in [0.29, 0.717) is 6.42 Å². The minimum Gasteiger partial charge on any atom is -0.387 e. The third-order valence-corrected chi connectivity index (χ3v) is 2.69. The Kier molecular flexibility index (Phi) is 3.52. The lowest BCUT2D eigenvalue weighted by Gasteiger charge is -2.04. The quantitative estimate of drug-likeness (QED) is 0.801.